The van der Waals surface area contributed by atoms with Crippen LogP contribution in [0.5, 0.6) is 0 Å². The first-order valence-corrected chi connectivity index (χ1v) is 14.6. The van der Waals surface area contributed by atoms with Gasteiger partial charge < -0.3 is 20.4 Å². The van der Waals surface area contributed by atoms with Crippen LogP contribution in [0.2, 0.25) is 0 Å². The number of piperidine rings is 1. The molecule has 4 atom stereocenters. The van der Waals surface area contributed by atoms with E-state index in [0.717, 1.165) is 31.4 Å². The van der Waals surface area contributed by atoms with Crippen LogP contribution in [0.3, 0.4) is 0 Å². The van der Waals surface area contributed by atoms with Crippen molar-refractivity contribution in [3.8, 4) is 10.4 Å². The minimum absolute atomic E-state index is 0.00474. The summed E-state index contributed by atoms with van der Waals surface area (Å²) in [5, 5.41) is 8.27. The zero-order chi connectivity index (χ0) is 26.6. The first kappa shape index (κ1) is 26.6. The Bertz CT molecular complexity index is 1160. The summed E-state index contributed by atoms with van der Waals surface area (Å²) in [4.78, 5) is 56.2. The van der Waals surface area contributed by atoms with Gasteiger partial charge in [-0.05, 0) is 67.3 Å². The number of nitrogens with zero attached hydrogens (tertiary/aromatic N) is 2. The van der Waals surface area contributed by atoms with Crippen LogP contribution >= 0.6 is 11.3 Å². The fourth-order valence-electron chi connectivity index (χ4n) is 5.93. The molecule has 0 bridgehead atoms. The van der Waals surface area contributed by atoms with E-state index in [2.05, 4.69) is 16.7 Å². The molecular weight excluding hydrogens is 500 g/mol. The number of benzene rings is 1. The molecular formula is C29H36N4O4S. The number of hydrogen-bond acceptors (Lipinski definition) is 6. The summed E-state index contributed by atoms with van der Waals surface area (Å²) in [6.45, 7) is 3.91. The van der Waals surface area contributed by atoms with Crippen LogP contribution in [0, 0.1) is 5.92 Å². The number of carbonyl (C=O) groups excluding carboxylic acids is 4. The summed E-state index contributed by atoms with van der Waals surface area (Å²) in [5.74, 6) is -0.139. The van der Waals surface area contributed by atoms with Crippen LogP contribution in [0.1, 0.15) is 55.8 Å². The Hall–Kier alpha value is -3.04. The van der Waals surface area contributed by atoms with Crippen molar-refractivity contribution in [2.75, 3.05) is 26.2 Å². The molecule has 4 heterocycles. The third kappa shape index (κ3) is 5.68. The highest BCUT2D eigenvalue weighted by Crippen LogP contribution is 2.32. The molecule has 3 aliphatic heterocycles. The maximum atomic E-state index is 13.1. The summed E-state index contributed by atoms with van der Waals surface area (Å²) in [6, 6.07) is 10.7. The fourth-order valence-corrected chi connectivity index (χ4v) is 6.67. The molecule has 4 unspecified atom stereocenters. The zero-order valence-corrected chi connectivity index (χ0v) is 22.7. The lowest BCUT2D eigenvalue weighted by molar-refractivity contribution is -0.137. The number of Topliss-reactive ketones (excluding diaryl/α,β-unsaturated/α-hetero) is 1. The molecule has 0 saturated carbocycles. The average molecular weight is 537 g/mol. The van der Waals surface area contributed by atoms with Crippen LogP contribution in [0.15, 0.2) is 41.8 Å². The van der Waals surface area contributed by atoms with Gasteiger partial charge in [0.1, 0.15) is 6.04 Å². The van der Waals surface area contributed by atoms with Gasteiger partial charge in [-0.3, -0.25) is 19.2 Å². The van der Waals surface area contributed by atoms with E-state index in [1.165, 1.54) is 4.88 Å². The van der Waals surface area contributed by atoms with Crippen LogP contribution < -0.4 is 10.6 Å². The maximum Gasteiger partial charge on any atom is 0.251 e. The number of amides is 3. The molecule has 3 amide bonds. The number of carbonyl (C=O) groups is 4. The third-order valence-corrected chi connectivity index (χ3v) is 8.95. The van der Waals surface area contributed by atoms with Gasteiger partial charge in [0.15, 0.2) is 5.78 Å². The molecule has 2 aromatic rings. The van der Waals surface area contributed by atoms with E-state index < -0.39 is 6.04 Å². The van der Waals surface area contributed by atoms with E-state index >= 15 is 0 Å². The van der Waals surface area contributed by atoms with Gasteiger partial charge in [-0.2, -0.15) is 0 Å². The Morgan fingerprint density at radius 1 is 1.11 bits per heavy atom. The second-order valence-corrected chi connectivity index (χ2v) is 11.7. The summed E-state index contributed by atoms with van der Waals surface area (Å²) in [6.07, 6.45) is 4.53. The largest absolute Gasteiger partial charge is 0.352 e. The molecule has 9 heteroatoms. The minimum atomic E-state index is -0.515. The van der Waals surface area contributed by atoms with Gasteiger partial charge in [0.05, 0.1) is 18.6 Å². The van der Waals surface area contributed by atoms with Crippen molar-refractivity contribution >= 4 is 34.8 Å². The monoisotopic (exact) mass is 536 g/mol. The SMILES string of the molecule is CC(CCNC(=O)c1ccc(-c2cccs2)cc1)CC(=O)N1CCC2C1C(=O)CN2C(=O)C1CCCCN1. The van der Waals surface area contributed by atoms with E-state index in [1.807, 2.05) is 42.6 Å². The lowest BCUT2D eigenvalue weighted by Crippen LogP contribution is -2.51. The predicted octanol–water partition coefficient (Wildman–Crippen LogP) is 3.08. The van der Waals surface area contributed by atoms with Crippen molar-refractivity contribution < 1.29 is 19.2 Å². The second-order valence-electron chi connectivity index (χ2n) is 10.7. The van der Waals surface area contributed by atoms with E-state index in [1.54, 1.807) is 21.1 Å². The molecule has 202 valence electrons. The lowest BCUT2D eigenvalue weighted by atomic mass is 10.0. The Kier molecular flexibility index (Phi) is 8.24. The Morgan fingerprint density at radius 2 is 1.92 bits per heavy atom. The molecule has 38 heavy (non-hydrogen) atoms. The lowest BCUT2D eigenvalue weighted by Gasteiger charge is -2.30. The number of likely N-dealkylation sites (tertiary alicyclic amines) is 2. The number of ketones is 1. The summed E-state index contributed by atoms with van der Waals surface area (Å²) < 4.78 is 0. The molecule has 0 spiro atoms. The van der Waals surface area contributed by atoms with E-state index in [-0.39, 0.29) is 48.1 Å². The van der Waals surface area contributed by atoms with Crippen molar-refractivity contribution in [2.24, 2.45) is 5.92 Å². The topological polar surface area (TPSA) is 98.8 Å². The first-order chi connectivity index (χ1) is 18.4. The van der Waals surface area contributed by atoms with Gasteiger partial charge in [-0.15, -0.1) is 11.3 Å². The highest BCUT2D eigenvalue weighted by Gasteiger charge is 2.52. The summed E-state index contributed by atoms with van der Waals surface area (Å²) in [7, 11) is 0. The van der Waals surface area contributed by atoms with Crippen molar-refractivity contribution in [1.29, 1.82) is 0 Å². The molecule has 0 radical (unpaired) electrons. The highest BCUT2D eigenvalue weighted by atomic mass is 32.1. The Morgan fingerprint density at radius 3 is 2.63 bits per heavy atom. The standard InChI is InChI=1S/C29H36N4O4S/c1-19(11-14-31-28(36)21-9-7-20(8-10-21)25-6-4-16-38-25)17-26(35)32-15-12-23-27(32)24(34)18-33(23)29(37)22-5-2-3-13-30-22/h4,6-10,16,19,22-23,27,30H,2-3,5,11-15,17-18H2,1H3,(H,31,36). The summed E-state index contributed by atoms with van der Waals surface area (Å²) in [5.41, 5.74) is 1.70. The molecule has 3 aliphatic rings. The number of nitrogens with one attached hydrogen (secondary N) is 2. The molecule has 2 N–H and O–H groups in total. The van der Waals surface area contributed by atoms with Crippen molar-refractivity contribution in [3.63, 3.8) is 0 Å². The van der Waals surface area contributed by atoms with Gasteiger partial charge in [0.2, 0.25) is 11.8 Å². The van der Waals surface area contributed by atoms with Gasteiger partial charge in [-0.1, -0.05) is 31.5 Å². The molecule has 3 fully saturated rings. The van der Waals surface area contributed by atoms with Crippen LogP contribution in [0.4, 0.5) is 0 Å². The fraction of sp³-hybridized carbons (Fsp3) is 0.517. The van der Waals surface area contributed by atoms with E-state index in [9.17, 15) is 19.2 Å². The Labute approximate surface area is 227 Å². The van der Waals surface area contributed by atoms with Crippen LogP contribution in [-0.2, 0) is 14.4 Å². The molecule has 5 rings (SSSR count). The Balaban J connectivity index is 1.08. The first-order valence-electron chi connectivity index (χ1n) is 13.7. The van der Waals surface area contributed by atoms with Crippen LogP contribution in [-0.4, -0.2) is 77.6 Å². The second kappa shape index (κ2) is 11.8. The number of fused-ring (bicyclic) bond motifs is 1. The number of thiophene rings is 1. The third-order valence-electron chi connectivity index (χ3n) is 8.03. The van der Waals surface area contributed by atoms with Gasteiger partial charge in [-0.25, -0.2) is 0 Å². The highest BCUT2D eigenvalue weighted by molar-refractivity contribution is 7.13. The van der Waals surface area contributed by atoms with E-state index in [0.29, 0.717) is 37.9 Å². The predicted molar refractivity (Wildman–Crippen MR) is 147 cm³/mol. The number of rotatable bonds is 8. The number of hydrogen-bond donors (Lipinski definition) is 2. The molecule has 3 saturated heterocycles. The molecule has 0 aliphatic carbocycles. The van der Waals surface area contributed by atoms with Crippen molar-refractivity contribution in [3.05, 3.63) is 47.3 Å². The molecule has 1 aromatic carbocycles. The van der Waals surface area contributed by atoms with E-state index in [4.69, 9.17) is 0 Å². The maximum absolute atomic E-state index is 13.1. The normalized spacial score (nSPS) is 23.8. The molecule has 1 aromatic heterocycles. The van der Waals surface area contributed by atoms with Crippen molar-refractivity contribution in [1.82, 2.24) is 20.4 Å². The van der Waals surface area contributed by atoms with Crippen LogP contribution in [0.25, 0.3) is 10.4 Å². The summed E-state index contributed by atoms with van der Waals surface area (Å²) >= 11 is 1.66. The minimum Gasteiger partial charge on any atom is -0.352 e. The molecule has 8 nitrogen and oxygen atoms in total. The smallest absolute Gasteiger partial charge is 0.251 e. The average Bonchev–Trinajstić information content (AvgIpc) is 3.68. The zero-order valence-electron chi connectivity index (χ0n) is 21.9. The van der Waals surface area contributed by atoms with Gasteiger partial charge in [0.25, 0.3) is 5.91 Å². The van der Waals surface area contributed by atoms with Gasteiger partial charge >= 0.3 is 0 Å². The van der Waals surface area contributed by atoms with Gasteiger partial charge in [0, 0.05) is 30.0 Å². The quantitative estimate of drug-likeness (QED) is 0.540. The van der Waals surface area contributed by atoms with Crippen molar-refractivity contribution in [2.45, 2.75) is 63.6 Å².